The molecule has 0 bridgehead atoms. The molecule has 4 rings (SSSR count). The Kier molecular flexibility index (Phi) is 7.13. The van der Waals surface area contributed by atoms with Crippen LogP contribution in [0.3, 0.4) is 0 Å². The Morgan fingerprint density at radius 2 is 2.06 bits per heavy atom. The van der Waals surface area contributed by atoms with Crippen molar-refractivity contribution in [2.24, 2.45) is 0 Å². The average Bonchev–Trinajstić information content (AvgIpc) is 3.53. The number of halogens is 1. The Morgan fingerprint density at radius 1 is 1.27 bits per heavy atom. The van der Waals surface area contributed by atoms with Crippen LogP contribution < -0.4 is 4.74 Å². The second-order valence-corrected chi connectivity index (χ2v) is 9.09. The molecule has 0 radical (unpaired) electrons. The lowest BCUT2D eigenvalue weighted by atomic mass is 10.00. The van der Waals surface area contributed by atoms with Gasteiger partial charge in [-0.15, -0.1) is 11.3 Å². The normalized spacial score (nSPS) is 16.2. The Bertz CT molecular complexity index is 1080. The number of carbonyl (C=O) groups excluding carboxylic acids is 2. The fourth-order valence-corrected chi connectivity index (χ4v) is 4.94. The van der Waals surface area contributed by atoms with Crippen molar-refractivity contribution in [2.75, 3.05) is 19.7 Å². The number of thiophene rings is 1. The van der Waals surface area contributed by atoms with Gasteiger partial charge in [0.2, 0.25) is 5.91 Å². The number of nitrogens with zero attached hydrogens (tertiary/aromatic N) is 2. The van der Waals surface area contributed by atoms with E-state index in [4.69, 9.17) is 9.15 Å². The monoisotopic (exact) mass is 470 g/mol. The summed E-state index contributed by atoms with van der Waals surface area (Å²) in [6.07, 6.45) is 2.93. The number of ether oxygens (including phenoxy) is 1. The lowest BCUT2D eigenvalue weighted by Crippen LogP contribution is -2.49. The molecule has 3 aromatic rings. The first-order valence-corrected chi connectivity index (χ1v) is 11.9. The van der Waals surface area contributed by atoms with Crippen molar-refractivity contribution in [1.29, 1.82) is 0 Å². The minimum absolute atomic E-state index is 0.0406. The van der Waals surface area contributed by atoms with Gasteiger partial charge in [0.25, 0.3) is 5.91 Å². The van der Waals surface area contributed by atoms with Crippen LogP contribution >= 0.6 is 11.3 Å². The van der Waals surface area contributed by atoms with E-state index in [1.54, 1.807) is 45.4 Å². The molecule has 1 aromatic carbocycles. The maximum Gasteiger partial charge on any atom is 0.290 e. The van der Waals surface area contributed by atoms with Crippen LogP contribution in [0.4, 0.5) is 4.39 Å². The molecule has 0 unspecified atom stereocenters. The van der Waals surface area contributed by atoms with E-state index in [0.717, 1.165) is 12.0 Å². The number of rotatable bonds is 8. The molecule has 0 saturated carbocycles. The summed E-state index contributed by atoms with van der Waals surface area (Å²) in [5.74, 6) is -0.00320. The topological polar surface area (TPSA) is 63.0 Å². The lowest BCUT2D eigenvalue weighted by Gasteiger charge is -2.38. The van der Waals surface area contributed by atoms with E-state index < -0.39 is 0 Å². The first-order valence-electron chi connectivity index (χ1n) is 11.1. The highest BCUT2D eigenvalue weighted by atomic mass is 32.1. The van der Waals surface area contributed by atoms with E-state index in [1.807, 2.05) is 25.3 Å². The molecular formula is C25H27FN2O4S. The van der Waals surface area contributed by atoms with Gasteiger partial charge >= 0.3 is 0 Å². The third kappa shape index (κ3) is 5.11. The summed E-state index contributed by atoms with van der Waals surface area (Å²) in [5.41, 5.74) is 1.06. The third-order valence-electron chi connectivity index (χ3n) is 6.06. The minimum atomic E-state index is -0.330. The van der Waals surface area contributed by atoms with Crippen LogP contribution in [0.1, 0.15) is 47.3 Å². The molecule has 1 aliphatic heterocycles. The first kappa shape index (κ1) is 23.0. The van der Waals surface area contributed by atoms with E-state index in [0.29, 0.717) is 18.7 Å². The van der Waals surface area contributed by atoms with E-state index in [1.165, 1.54) is 23.3 Å². The highest BCUT2D eigenvalue weighted by Crippen LogP contribution is 2.34. The van der Waals surface area contributed by atoms with Gasteiger partial charge in [0.1, 0.15) is 24.7 Å². The molecule has 6 nitrogen and oxygen atoms in total. The van der Waals surface area contributed by atoms with Gasteiger partial charge in [-0.2, -0.15) is 0 Å². The van der Waals surface area contributed by atoms with Gasteiger partial charge in [-0.25, -0.2) is 4.39 Å². The van der Waals surface area contributed by atoms with Gasteiger partial charge < -0.3 is 19.0 Å². The number of amides is 2. The third-order valence-corrected chi connectivity index (χ3v) is 7.05. The highest BCUT2D eigenvalue weighted by Gasteiger charge is 2.34. The van der Waals surface area contributed by atoms with E-state index in [2.05, 4.69) is 0 Å². The Labute approximate surface area is 196 Å². The summed E-state index contributed by atoms with van der Waals surface area (Å²) in [6, 6.07) is 10.7. The number of fused-ring (bicyclic) bond motifs is 1. The second kappa shape index (κ2) is 10.2. The van der Waals surface area contributed by atoms with Crippen LogP contribution in [0.2, 0.25) is 0 Å². The second-order valence-electron chi connectivity index (χ2n) is 8.08. The maximum atomic E-state index is 13.5. The van der Waals surface area contributed by atoms with Crippen molar-refractivity contribution >= 4 is 23.2 Å². The van der Waals surface area contributed by atoms with Gasteiger partial charge in [0.15, 0.2) is 5.76 Å². The number of hydrogen-bond acceptors (Lipinski definition) is 5. The number of hydrogen-bond donors (Lipinski definition) is 0. The van der Waals surface area contributed by atoms with E-state index in [-0.39, 0.29) is 48.6 Å². The zero-order valence-electron chi connectivity index (χ0n) is 18.7. The molecule has 2 aromatic heterocycles. The summed E-state index contributed by atoms with van der Waals surface area (Å²) in [5, 5.41) is 2.02. The van der Waals surface area contributed by atoms with Crippen LogP contribution in [0.5, 0.6) is 5.75 Å². The molecule has 0 N–H and O–H groups in total. The predicted octanol–water partition coefficient (Wildman–Crippen LogP) is 4.93. The van der Waals surface area contributed by atoms with Crippen molar-refractivity contribution in [1.82, 2.24) is 9.80 Å². The Hall–Kier alpha value is -3.13. The lowest BCUT2D eigenvalue weighted by molar-refractivity contribution is -0.136. The molecule has 0 fully saturated rings. The molecule has 8 heteroatoms. The van der Waals surface area contributed by atoms with Crippen LogP contribution in [-0.4, -0.2) is 47.4 Å². The number of carbonyl (C=O) groups is 2. The van der Waals surface area contributed by atoms with Crippen molar-refractivity contribution in [3.05, 3.63) is 76.1 Å². The molecule has 174 valence electrons. The average molecular weight is 471 g/mol. The first-order chi connectivity index (χ1) is 16.0. The predicted molar refractivity (Wildman–Crippen MR) is 124 cm³/mol. The maximum absolute atomic E-state index is 13.5. The highest BCUT2D eigenvalue weighted by molar-refractivity contribution is 7.10. The SMILES string of the molecule is CC[C@H](C)N(CC(=O)N1CCc2sccc2[C@@H]1COc1ccc(F)cc1)C(=O)c1ccco1. The van der Waals surface area contributed by atoms with Gasteiger partial charge in [0, 0.05) is 17.5 Å². The summed E-state index contributed by atoms with van der Waals surface area (Å²) in [6.45, 7) is 4.66. The molecule has 33 heavy (non-hydrogen) atoms. The summed E-state index contributed by atoms with van der Waals surface area (Å²) < 4.78 is 24.5. The van der Waals surface area contributed by atoms with Crippen LogP contribution in [0.15, 0.2) is 58.5 Å². The van der Waals surface area contributed by atoms with Crippen LogP contribution in [-0.2, 0) is 11.2 Å². The number of furan rings is 1. The van der Waals surface area contributed by atoms with Gasteiger partial charge in [-0.3, -0.25) is 9.59 Å². The van der Waals surface area contributed by atoms with Gasteiger partial charge in [0.05, 0.1) is 12.3 Å². The summed E-state index contributed by atoms with van der Waals surface area (Å²) in [4.78, 5) is 31.1. The van der Waals surface area contributed by atoms with E-state index >= 15 is 0 Å². The summed E-state index contributed by atoms with van der Waals surface area (Å²) >= 11 is 1.67. The Morgan fingerprint density at radius 3 is 2.76 bits per heavy atom. The molecule has 0 spiro atoms. The van der Waals surface area contributed by atoms with Crippen LogP contribution in [0, 0.1) is 5.82 Å². The fraction of sp³-hybridized carbons (Fsp3) is 0.360. The molecule has 2 amide bonds. The van der Waals surface area contributed by atoms with Crippen molar-refractivity contribution < 1.29 is 23.1 Å². The number of benzene rings is 1. The zero-order chi connectivity index (χ0) is 23.4. The quantitative estimate of drug-likeness (QED) is 0.469. The molecule has 3 heterocycles. The molecule has 0 aliphatic carbocycles. The largest absolute Gasteiger partial charge is 0.491 e. The van der Waals surface area contributed by atoms with Crippen molar-refractivity contribution in [3.8, 4) is 5.75 Å². The van der Waals surface area contributed by atoms with Gasteiger partial charge in [-0.1, -0.05) is 6.92 Å². The molecule has 1 aliphatic rings. The molecular weight excluding hydrogens is 443 g/mol. The smallest absolute Gasteiger partial charge is 0.290 e. The standard InChI is InChI=1S/C25H27FN2O4S/c1-3-17(2)28(25(30)22-5-4-13-31-22)15-24(29)27-12-10-23-20(11-14-33-23)21(27)16-32-19-8-6-18(26)7-9-19/h4-9,11,13-14,17,21H,3,10,12,15-16H2,1-2H3/t17-,21-/m0/s1. The minimum Gasteiger partial charge on any atom is -0.491 e. The van der Waals surface area contributed by atoms with Crippen molar-refractivity contribution in [2.45, 2.75) is 38.8 Å². The fourth-order valence-electron chi connectivity index (χ4n) is 4.01. The molecule has 0 saturated heterocycles. The summed E-state index contributed by atoms with van der Waals surface area (Å²) in [7, 11) is 0. The molecule has 2 atom stereocenters. The van der Waals surface area contributed by atoms with Gasteiger partial charge in [-0.05, 0) is 73.2 Å². The van der Waals surface area contributed by atoms with Crippen LogP contribution in [0.25, 0.3) is 0 Å². The zero-order valence-corrected chi connectivity index (χ0v) is 19.5. The van der Waals surface area contributed by atoms with E-state index in [9.17, 15) is 14.0 Å². The van der Waals surface area contributed by atoms with Crippen molar-refractivity contribution in [3.63, 3.8) is 0 Å². The Balaban J connectivity index is 1.53.